The van der Waals surface area contributed by atoms with Crippen LogP contribution in [0.15, 0.2) is 30.3 Å². The summed E-state index contributed by atoms with van der Waals surface area (Å²) in [6, 6.07) is 3.85. The van der Waals surface area contributed by atoms with E-state index in [1.54, 1.807) is 0 Å². The number of aryl methyl sites for hydroxylation is 1. The molecule has 27 heavy (non-hydrogen) atoms. The zero-order valence-electron chi connectivity index (χ0n) is 13.1. The molecule has 0 heterocycles. The van der Waals surface area contributed by atoms with Crippen molar-refractivity contribution in [1.82, 2.24) is 0 Å². The van der Waals surface area contributed by atoms with Crippen LogP contribution in [0.25, 0.3) is 0 Å². The number of benzene rings is 2. The summed E-state index contributed by atoms with van der Waals surface area (Å²) in [5.41, 5.74) is -2.80. The summed E-state index contributed by atoms with van der Waals surface area (Å²) in [5, 5.41) is -1.54. The fourth-order valence-corrected chi connectivity index (χ4v) is 2.27. The summed E-state index contributed by atoms with van der Waals surface area (Å²) in [4.78, 5) is 11.4. The summed E-state index contributed by atoms with van der Waals surface area (Å²) in [7, 11) is 0. The van der Waals surface area contributed by atoms with Gasteiger partial charge >= 0.3 is 12.5 Å². The molecule has 3 nitrogen and oxygen atoms in total. The Kier molecular flexibility index (Phi) is 5.60. The quantitative estimate of drug-likeness (QED) is 0.438. The van der Waals surface area contributed by atoms with E-state index in [0.717, 1.165) is 18.2 Å². The Hall–Kier alpha value is -2.49. The summed E-state index contributed by atoms with van der Waals surface area (Å²) in [5.74, 6) is -3.27. The number of ether oxygens (including phenoxy) is 2. The first-order chi connectivity index (χ1) is 12.3. The Morgan fingerprint density at radius 1 is 1.00 bits per heavy atom. The number of halogens is 8. The Labute approximate surface area is 152 Å². The van der Waals surface area contributed by atoms with Gasteiger partial charge < -0.3 is 9.47 Å². The lowest BCUT2D eigenvalue weighted by atomic mass is 10.1. The first-order valence-corrected chi connectivity index (χ1v) is 7.31. The zero-order valence-corrected chi connectivity index (χ0v) is 13.9. The smallest absolute Gasteiger partial charge is 0.456 e. The number of carbonyl (C=O) groups excluding carboxylic acids is 1. The standard InChI is InChI=1S/C16H8ClF7O3/c1-7-6-8(27-16(22,23)24)2-4-10(7)26-11-5-3-9(15(19,20)21)13(18)12(11)14(17)25/h2-6H,1H3. The molecule has 0 aromatic heterocycles. The number of alkyl halides is 6. The highest BCUT2D eigenvalue weighted by Crippen LogP contribution is 2.38. The first kappa shape index (κ1) is 20.8. The van der Waals surface area contributed by atoms with Gasteiger partial charge in [0.1, 0.15) is 22.8 Å². The number of hydrogen-bond acceptors (Lipinski definition) is 3. The summed E-state index contributed by atoms with van der Waals surface area (Å²) < 4.78 is 97.8. The van der Waals surface area contributed by atoms with E-state index in [-0.39, 0.29) is 11.3 Å². The molecule has 0 bridgehead atoms. The predicted octanol–water partition coefficient (Wildman–Crippen LogP) is 6.22. The second kappa shape index (κ2) is 7.26. The molecule has 0 aliphatic carbocycles. The molecular formula is C16H8ClF7O3. The predicted molar refractivity (Wildman–Crippen MR) is 79.5 cm³/mol. The highest BCUT2D eigenvalue weighted by molar-refractivity contribution is 6.68. The molecule has 11 heteroatoms. The molecule has 0 amide bonds. The Bertz CT molecular complexity index is 876. The lowest BCUT2D eigenvalue weighted by Gasteiger charge is -2.16. The Morgan fingerprint density at radius 2 is 1.59 bits per heavy atom. The molecule has 146 valence electrons. The minimum atomic E-state index is -5.07. The van der Waals surface area contributed by atoms with Crippen LogP contribution in [0.5, 0.6) is 17.2 Å². The highest BCUT2D eigenvalue weighted by Gasteiger charge is 2.37. The van der Waals surface area contributed by atoms with Gasteiger partial charge in [0.25, 0.3) is 5.24 Å². The van der Waals surface area contributed by atoms with E-state index >= 15 is 0 Å². The summed E-state index contributed by atoms with van der Waals surface area (Å²) in [6.45, 7) is 1.31. The third-order valence-electron chi connectivity index (χ3n) is 3.21. The SMILES string of the molecule is Cc1cc(OC(F)(F)F)ccc1Oc1ccc(C(F)(F)F)c(F)c1C(=O)Cl. The van der Waals surface area contributed by atoms with Crippen LogP contribution in [-0.2, 0) is 6.18 Å². The van der Waals surface area contributed by atoms with Crippen molar-refractivity contribution in [2.75, 3.05) is 0 Å². The van der Waals surface area contributed by atoms with E-state index in [9.17, 15) is 35.5 Å². The van der Waals surface area contributed by atoms with Gasteiger partial charge in [-0.05, 0) is 54.4 Å². The second-order valence-corrected chi connectivity index (χ2v) is 5.49. The van der Waals surface area contributed by atoms with E-state index in [1.165, 1.54) is 6.92 Å². The Balaban J connectivity index is 2.43. The largest absolute Gasteiger partial charge is 0.573 e. The van der Waals surface area contributed by atoms with Gasteiger partial charge in [-0.3, -0.25) is 4.79 Å². The third-order valence-corrected chi connectivity index (χ3v) is 3.39. The van der Waals surface area contributed by atoms with E-state index in [4.69, 9.17) is 16.3 Å². The number of hydrogen-bond donors (Lipinski definition) is 0. The fourth-order valence-electron chi connectivity index (χ4n) is 2.10. The lowest BCUT2D eigenvalue weighted by molar-refractivity contribution is -0.274. The van der Waals surface area contributed by atoms with Crippen LogP contribution in [0.1, 0.15) is 21.5 Å². The molecule has 0 spiro atoms. The maximum Gasteiger partial charge on any atom is 0.573 e. The van der Waals surface area contributed by atoms with Crippen LogP contribution in [0.2, 0.25) is 0 Å². The number of carbonyl (C=O) groups is 1. The maximum absolute atomic E-state index is 14.1. The molecule has 0 aliphatic heterocycles. The van der Waals surface area contributed by atoms with E-state index in [1.807, 2.05) is 0 Å². The molecule has 0 N–H and O–H groups in total. The van der Waals surface area contributed by atoms with Gasteiger partial charge in [0.2, 0.25) is 0 Å². The molecule has 2 rings (SSSR count). The first-order valence-electron chi connectivity index (χ1n) is 6.93. The van der Waals surface area contributed by atoms with Crippen LogP contribution in [-0.4, -0.2) is 11.6 Å². The van der Waals surface area contributed by atoms with Crippen molar-refractivity contribution >= 4 is 16.8 Å². The topological polar surface area (TPSA) is 35.5 Å². The van der Waals surface area contributed by atoms with Crippen molar-refractivity contribution in [3.05, 3.63) is 52.8 Å². The molecule has 2 aromatic rings. The van der Waals surface area contributed by atoms with E-state index in [2.05, 4.69) is 4.74 Å². The fraction of sp³-hybridized carbons (Fsp3) is 0.188. The van der Waals surface area contributed by atoms with Crippen LogP contribution >= 0.6 is 11.6 Å². The zero-order chi connectivity index (χ0) is 20.6. The van der Waals surface area contributed by atoms with Crippen LogP contribution in [0.3, 0.4) is 0 Å². The number of rotatable bonds is 4. The van der Waals surface area contributed by atoms with E-state index in [0.29, 0.717) is 12.1 Å². The molecule has 0 saturated carbocycles. The van der Waals surface area contributed by atoms with Gasteiger partial charge in [-0.1, -0.05) is 0 Å². The molecular weight excluding hydrogens is 409 g/mol. The van der Waals surface area contributed by atoms with Gasteiger partial charge in [0, 0.05) is 0 Å². The van der Waals surface area contributed by atoms with Gasteiger partial charge in [-0.15, -0.1) is 13.2 Å². The average molecular weight is 417 g/mol. The minimum Gasteiger partial charge on any atom is -0.456 e. The molecule has 0 aliphatic rings. The van der Waals surface area contributed by atoms with Gasteiger partial charge in [0.15, 0.2) is 5.82 Å². The van der Waals surface area contributed by atoms with Crippen LogP contribution < -0.4 is 9.47 Å². The highest BCUT2D eigenvalue weighted by atomic mass is 35.5. The van der Waals surface area contributed by atoms with Crippen molar-refractivity contribution in [2.45, 2.75) is 19.5 Å². The summed E-state index contributed by atoms with van der Waals surface area (Å²) in [6.07, 6.45) is -10.0. The summed E-state index contributed by atoms with van der Waals surface area (Å²) >= 11 is 5.17. The van der Waals surface area contributed by atoms with E-state index < -0.39 is 46.2 Å². The van der Waals surface area contributed by atoms with Gasteiger partial charge in [-0.2, -0.15) is 13.2 Å². The van der Waals surface area contributed by atoms with Crippen molar-refractivity contribution < 1.29 is 45.0 Å². The van der Waals surface area contributed by atoms with Crippen LogP contribution in [0.4, 0.5) is 30.7 Å². The molecule has 0 radical (unpaired) electrons. The van der Waals surface area contributed by atoms with Crippen LogP contribution in [0, 0.1) is 12.7 Å². The van der Waals surface area contributed by atoms with Gasteiger partial charge in [-0.25, -0.2) is 4.39 Å². The van der Waals surface area contributed by atoms with Crippen molar-refractivity contribution in [2.24, 2.45) is 0 Å². The van der Waals surface area contributed by atoms with Crippen molar-refractivity contribution in [3.8, 4) is 17.2 Å². The maximum atomic E-state index is 14.1. The average Bonchev–Trinajstić information content (AvgIpc) is 2.46. The minimum absolute atomic E-state index is 0.0741. The normalized spacial score (nSPS) is 12.0. The third kappa shape index (κ3) is 5.03. The molecule has 0 atom stereocenters. The van der Waals surface area contributed by atoms with Crippen molar-refractivity contribution in [3.63, 3.8) is 0 Å². The molecule has 0 saturated heterocycles. The molecule has 2 aromatic carbocycles. The monoisotopic (exact) mass is 416 g/mol. The molecule has 0 unspecified atom stereocenters. The van der Waals surface area contributed by atoms with Gasteiger partial charge in [0.05, 0.1) is 5.56 Å². The second-order valence-electron chi connectivity index (χ2n) is 5.15. The molecule has 0 fully saturated rings. The Morgan fingerprint density at radius 3 is 2.07 bits per heavy atom. The van der Waals surface area contributed by atoms with Crippen molar-refractivity contribution in [1.29, 1.82) is 0 Å². The lowest BCUT2D eigenvalue weighted by Crippen LogP contribution is -2.17.